The molecule has 29 heavy (non-hydrogen) atoms. The first-order valence-electron chi connectivity index (χ1n) is 8.41. The van der Waals surface area contributed by atoms with Crippen molar-refractivity contribution in [2.24, 2.45) is 0 Å². The largest absolute Gasteiger partial charge is 0.466 e. The second-order valence-corrected chi connectivity index (χ2v) is 8.01. The van der Waals surface area contributed by atoms with E-state index in [1.165, 1.54) is 16.9 Å². The van der Waals surface area contributed by atoms with E-state index in [4.69, 9.17) is 5.73 Å². The number of nitrogen functional groups attached to an aromatic ring is 1. The molecule has 2 rings (SSSR count). The van der Waals surface area contributed by atoms with Crippen molar-refractivity contribution in [3.8, 4) is 0 Å². The number of rotatable bonds is 6. The predicted molar refractivity (Wildman–Crippen MR) is 96.7 cm³/mol. The van der Waals surface area contributed by atoms with Crippen LogP contribution in [0, 0.1) is 0 Å². The van der Waals surface area contributed by atoms with Crippen LogP contribution in [0.4, 0.5) is 18.9 Å². The average Bonchev–Trinajstić information content (AvgIpc) is 2.83. The van der Waals surface area contributed by atoms with Crippen LogP contribution in [0.1, 0.15) is 20.3 Å². The molecule has 1 aliphatic rings. The average molecular weight is 435 g/mol. The topological polar surface area (TPSA) is 119 Å². The third-order valence-electron chi connectivity index (χ3n) is 4.45. The monoisotopic (exact) mass is 435 g/mol. The molecule has 0 saturated heterocycles. The van der Waals surface area contributed by atoms with Crippen LogP contribution in [0.3, 0.4) is 0 Å². The van der Waals surface area contributed by atoms with Gasteiger partial charge in [-0.15, -0.1) is 0 Å². The van der Waals surface area contributed by atoms with Crippen LogP contribution in [-0.2, 0) is 24.3 Å². The summed E-state index contributed by atoms with van der Waals surface area (Å²) in [7, 11) is -4.05. The molecule has 0 fully saturated rings. The molecular weight excluding hydrogens is 415 g/mol. The highest BCUT2D eigenvalue weighted by Gasteiger charge is 2.71. The predicted octanol–water partition coefficient (Wildman–Crippen LogP) is 1.55. The van der Waals surface area contributed by atoms with Crippen molar-refractivity contribution in [1.82, 2.24) is 9.62 Å². The Bertz CT molecular complexity index is 958. The summed E-state index contributed by atoms with van der Waals surface area (Å²) in [6.07, 6.45) is -5.20. The molecule has 0 radical (unpaired) electrons. The molecule has 1 aliphatic heterocycles. The second-order valence-electron chi connectivity index (χ2n) is 6.33. The fraction of sp³-hybridized carbons (Fsp3) is 0.412. The van der Waals surface area contributed by atoms with Gasteiger partial charge >= 0.3 is 12.1 Å². The number of nitrogens with zero attached hydrogens (tertiary/aromatic N) is 1. The SMILES string of the molecule is CCCN1C(=O)[C@](NS(=O)(=O)c2ccc(N)cc2)(C(F)(F)F)C(C(=O)OC)=C1C. The molecule has 160 valence electrons. The molecule has 0 aromatic heterocycles. The zero-order valence-corrected chi connectivity index (χ0v) is 16.6. The smallest absolute Gasteiger partial charge is 0.421 e. The lowest BCUT2D eigenvalue weighted by Crippen LogP contribution is -2.66. The molecule has 12 heteroatoms. The lowest BCUT2D eigenvalue weighted by Gasteiger charge is -2.32. The lowest BCUT2D eigenvalue weighted by molar-refractivity contribution is -0.190. The third-order valence-corrected chi connectivity index (χ3v) is 5.92. The van der Waals surface area contributed by atoms with Gasteiger partial charge < -0.3 is 15.4 Å². The van der Waals surface area contributed by atoms with E-state index in [1.54, 1.807) is 6.92 Å². The number of hydrogen-bond acceptors (Lipinski definition) is 6. The van der Waals surface area contributed by atoms with Gasteiger partial charge in [-0.3, -0.25) is 4.79 Å². The normalized spacial score (nSPS) is 20.3. The van der Waals surface area contributed by atoms with Crippen LogP contribution in [-0.4, -0.2) is 50.6 Å². The Morgan fingerprint density at radius 3 is 2.28 bits per heavy atom. The van der Waals surface area contributed by atoms with Gasteiger partial charge in [0, 0.05) is 17.9 Å². The number of methoxy groups -OCH3 is 1. The minimum Gasteiger partial charge on any atom is -0.466 e. The zero-order valence-electron chi connectivity index (χ0n) is 15.8. The molecule has 8 nitrogen and oxygen atoms in total. The first kappa shape index (κ1) is 22.7. The number of benzene rings is 1. The van der Waals surface area contributed by atoms with Crippen molar-refractivity contribution in [1.29, 1.82) is 0 Å². The van der Waals surface area contributed by atoms with Crippen molar-refractivity contribution in [2.75, 3.05) is 19.4 Å². The van der Waals surface area contributed by atoms with Crippen molar-refractivity contribution in [3.05, 3.63) is 35.5 Å². The van der Waals surface area contributed by atoms with Crippen molar-refractivity contribution < 1.29 is 35.9 Å². The molecule has 1 aromatic carbocycles. The standard InChI is InChI=1S/C17H20F3N3O5S/c1-4-9-23-10(2)13(14(24)28-3)16(15(23)25,17(18,19)20)22-29(26,27)12-7-5-11(21)6-8-12/h5-8,22H,4,9,21H2,1-3H3/t16-/m0/s1. The maximum atomic E-state index is 14.3. The summed E-state index contributed by atoms with van der Waals surface area (Å²) >= 11 is 0. The van der Waals surface area contributed by atoms with E-state index in [-0.39, 0.29) is 24.4 Å². The summed E-state index contributed by atoms with van der Waals surface area (Å²) in [6, 6.07) is 4.33. The van der Waals surface area contributed by atoms with Gasteiger partial charge in [0.05, 0.1) is 17.6 Å². The van der Waals surface area contributed by atoms with Crippen LogP contribution in [0.2, 0.25) is 0 Å². The van der Waals surface area contributed by atoms with Crippen LogP contribution >= 0.6 is 0 Å². The fourth-order valence-corrected chi connectivity index (χ4v) is 4.41. The third kappa shape index (κ3) is 3.69. The van der Waals surface area contributed by atoms with E-state index in [9.17, 15) is 31.2 Å². The van der Waals surface area contributed by atoms with E-state index < -0.39 is 44.1 Å². The van der Waals surface area contributed by atoms with Gasteiger partial charge in [0.1, 0.15) is 0 Å². The number of nitrogens with two attached hydrogens (primary N) is 1. The first-order valence-corrected chi connectivity index (χ1v) is 9.89. The maximum absolute atomic E-state index is 14.3. The summed E-state index contributed by atoms with van der Waals surface area (Å²) < 4.78 is 74.1. The van der Waals surface area contributed by atoms with E-state index >= 15 is 0 Å². The number of hydrogen-bond donors (Lipinski definition) is 2. The Kier molecular flexibility index (Phi) is 6.00. The molecule has 0 unspecified atom stereocenters. The molecule has 0 spiro atoms. The summed E-state index contributed by atoms with van der Waals surface area (Å²) in [6.45, 7) is 2.60. The minimum absolute atomic E-state index is 0.146. The second kappa shape index (κ2) is 7.67. The summed E-state index contributed by atoms with van der Waals surface area (Å²) in [5, 5.41) is 0. The Morgan fingerprint density at radius 2 is 1.83 bits per heavy atom. The molecule has 1 heterocycles. The summed E-state index contributed by atoms with van der Waals surface area (Å²) in [4.78, 5) is 25.3. The Morgan fingerprint density at radius 1 is 1.28 bits per heavy atom. The Hall–Kier alpha value is -2.60. The highest BCUT2D eigenvalue weighted by atomic mass is 32.2. The van der Waals surface area contributed by atoms with E-state index in [1.807, 2.05) is 0 Å². The lowest BCUT2D eigenvalue weighted by atomic mass is 9.91. The quantitative estimate of drug-likeness (QED) is 0.517. The van der Waals surface area contributed by atoms with Crippen LogP contribution in [0.15, 0.2) is 40.4 Å². The van der Waals surface area contributed by atoms with Crippen LogP contribution in [0.5, 0.6) is 0 Å². The van der Waals surface area contributed by atoms with Gasteiger partial charge in [0.2, 0.25) is 15.6 Å². The van der Waals surface area contributed by atoms with Crippen LogP contribution < -0.4 is 10.5 Å². The molecule has 1 amide bonds. The van der Waals surface area contributed by atoms with Crippen molar-refractivity contribution >= 4 is 27.6 Å². The Balaban J connectivity index is 2.75. The molecule has 0 saturated carbocycles. The first-order chi connectivity index (χ1) is 13.3. The Labute approximate surface area is 165 Å². The molecule has 1 aromatic rings. The fourth-order valence-electron chi connectivity index (χ4n) is 3.09. The number of anilines is 1. The molecular formula is C17H20F3N3O5S. The highest BCUT2D eigenvalue weighted by Crippen LogP contribution is 2.45. The summed E-state index contributed by atoms with van der Waals surface area (Å²) in [5.74, 6) is -3.09. The number of ether oxygens (including phenoxy) is 1. The number of halogens is 3. The highest BCUT2D eigenvalue weighted by molar-refractivity contribution is 7.89. The van der Waals surface area contributed by atoms with E-state index in [2.05, 4.69) is 4.74 Å². The van der Waals surface area contributed by atoms with Gasteiger partial charge in [0.25, 0.3) is 5.91 Å². The van der Waals surface area contributed by atoms with Crippen molar-refractivity contribution in [3.63, 3.8) is 0 Å². The molecule has 1 atom stereocenters. The number of carbonyl (C=O) groups is 2. The number of alkyl halides is 3. The van der Waals surface area contributed by atoms with Gasteiger partial charge in [-0.25, -0.2) is 13.2 Å². The van der Waals surface area contributed by atoms with Gasteiger partial charge in [0.15, 0.2) is 0 Å². The number of sulfonamides is 1. The summed E-state index contributed by atoms with van der Waals surface area (Å²) in [5.41, 5.74) is 0.390. The number of amides is 1. The van der Waals surface area contributed by atoms with Gasteiger partial charge in [-0.05, 0) is 37.6 Å². The molecule has 0 bridgehead atoms. The van der Waals surface area contributed by atoms with Gasteiger partial charge in [-0.1, -0.05) is 6.92 Å². The van der Waals surface area contributed by atoms with Crippen LogP contribution in [0.25, 0.3) is 0 Å². The molecule has 0 aliphatic carbocycles. The van der Waals surface area contributed by atoms with E-state index in [0.29, 0.717) is 0 Å². The number of allylic oxidation sites excluding steroid dienone is 1. The van der Waals surface area contributed by atoms with E-state index in [0.717, 1.165) is 31.1 Å². The number of carbonyl (C=O) groups excluding carboxylic acids is 2. The maximum Gasteiger partial charge on any atom is 0.421 e. The van der Waals surface area contributed by atoms with Gasteiger partial charge in [-0.2, -0.15) is 17.9 Å². The van der Waals surface area contributed by atoms with Crippen molar-refractivity contribution in [2.45, 2.75) is 36.9 Å². The number of esters is 1. The molecule has 3 N–H and O–H groups in total. The number of nitrogens with one attached hydrogen (secondary N) is 1. The zero-order chi connectivity index (χ0) is 22.2. The minimum atomic E-state index is -5.47.